The van der Waals surface area contributed by atoms with Crippen LogP contribution in [0.15, 0.2) is 24.3 Å². The van der Waals surface area contributed by atoms with E-state index in [1.807, 2.05) is 0 Å². The zero-order valence-corrected chi connectivity index (χ0v) is 34.9. The molecule has 1 saturated heterocycles. The molecule has 0 aromatic rings. The molecule has 4 N–H and O–H groups in total. The van der Waals surface area contributed by atoms with Gasteiger partial charge in [0.1, 0.15) is 31.0 Å². The molecule has 6 atom stereocenters. The lowest BCUT2D eigenvalue weighted by atomic mass is 9.99. The van der Waals surface area contributed by atoms with Gasteiger partial charge in [0, 0.05) is 12.8 Å². The van der Waals surface area contributed by atoms with E-state index in [-0.39, 0.29) is 26.1 Å². The van der Waals surface area contributed by atoms with Crippen molar-refractivity contribution in [3.8, 4) is 0 Å². The third-order valence-corrected chi connectivity index (χ3v) is 10.3. The van der Waals surface area contributed by atoms with Crippen molar-refractivity contribution in [1.29, 1.82) is 0 Å². The number of ether oxygens (including phenoxy) is 4. The van der Waals surface area contributed by atoms with Gasteiger partial charge in [-0.3, -0.25) is 9.59 Å². The number of aliphatic hydroxyl groups excluding tert-OH is 4. The van der Waals surface area contributed by atoms with Crippen molar-refractivity contribution >= 4 is 11.9 Å². The summed E-state index contributed by atoms with van der Waals surface area (Å²) in [4.78, 5) is 25.1. The molecule has 1 fully saturated rings. The van der Waals surface area contributed by atoms with E-state index in [1.165, 1.54) is 109 Å². The number of unbranched alkanes of at least 4 members (excludes halogenated alkanes) is 22. The summed E-state index contributed by atoms with van der Waals surface area (Å²) >= 11 is 0. The highest BCUT2D eigenvalue weighted by molar-refractivity contribution is 5.70. The standard InChI is InChI=1S/C45H82O10/c1-3-5-7-9-11-12-13-14-15-16-17-18-19-20-21-22-23-24-25-26-28-29-31-33-40(47)52-36-38(54-41(48)34-32-30-27-10-8-6-4-2)37-53-45-44(51)43(50)42(49)39(35-46)55-45/h22-23,26,28,38-39,42-46,49-51H,3-21,24-25,27,29-37H2,1-2H3/b23-22+,28-26+/t38-,39-,42+,43?,44?,45-/m0/s1. The molecule has 10 nitrogen and oxygen atoms in total. The SMILES string of the molecule is CCCCCCCCCCCCCCCC/C=C/CC/C=C/CCCC(=O)OC[C@@H](CO[C@H]1O[C@@H](CO)[C@@H](O)C(O)C1O)OC(=O)CCCCCCCCC. The molecule has 322 valence electrons. The van der Waals surface area contributed by atoms with Gasteiger partial charge in [-0.15, -0.1) is 0 Å². The molecule has 55 heavy (non-hydrogen) atoms. The number of carbonyl (C=O) groups is 2. The minimum atomic E-state index is -1.60. The van der Waals surface area contributed by atoms with Crippen LogP contribution < -0.4 is 0 Å². The maximum absolute atomic E-state index is 12.6. The van der Waals surface area contributed by atoms with Crippen molar-refractivity contribution in [3.63, 3.8) is 0 Å². The Bertz CT molecular complexity index is 954. The molecule has 0 bridgehead atoms. The Morgan fingerprint density at radius 3 is 1.53 bits per heavy atom. The molecule has 0 aliphatic carbocycles. The first-order chi connectivity index (χ1) is 26.8. The number of hydrogen-bond donors (Lipinski definition) is 4. The van der Waals surface area contributed by atoms with Crippen LogP contribution in [0.5, 0.6) is 0 Å². The van der Waals surface area contributed by atoms with Crippen LogP contribution in [0.25, 0.3) is 0 Å². The zero-order valence-electron chi connectivity index (χ0n) is 34.9. The predicted molar refractivity (Wildman–Crippen MR) is 219 cm³/mol. The summed E-state index contributed by atoms with van der Waals surface area (Å²) < 4.78 is 22.0. The Labute approximate surface area is 334 Å². The second-order valence-electron chi connectivity index (χ2n) is 15.5. The Kier molecular flexibility index (Phi) is 34.0. The molecule has 1 rings (SSSR count). The van der Waals surface area contributed by atoms with Gasteiger partial charge in [-0.05, 0) is 44.9 Å². The number of carbonyl (C=O) groups excluding carboxylic acids is 2. The Morgan fingerprint density at radius 1 is 0.545 bits per heavy atom. The fraction of sp³-hybridized carbons (Fsp3) is 0.867. The number of esters is 2. The van der Waals surface area contributed by atoms with Gasteiger partial charge in [0.25, 0.3) is 0 Å². The Hall–Kier alpha value is -1.82. The lowest BCUT2D eigenvalue weighted by Crippen LogP contribution is -2.59. The summed E-state index contributed by atoms with van der Waals surface area (Å²) in [5, 5.41) is 39.9. The number of aliphatic hydroxyl groups is 4. The van der Waals surface area contributed by atoms with Crippen LogP contribution in [-0.2, 0) is 28.5 Å². The summed E-state index contributed by atoms with van der Waals surface area (Å²) in [7, 11) is 0. The maximum atomic E-state index is 12.6. The summed E-state index contributed by atoms with van der Waals surface area (Å²) in [6, 6.07) is 0. The van der Waals surface area contributed by atoms with Gasteiger partial charge in [0.2, 0.25) is 0 Å². The van der Waals surface area contributed by atoms with E-state index in [1.54, 1.807) is 0 Å². The quantitative estimate of drug-likeness (QED) is 0.0273. The molecule has 0 saturated carbocycles. The number of rotatable bonds is 37. The second kappa shape index (κ2) is 36.5. The van der Waals surface area contributed by atoms with Crippen molar-refractivity contribution in [3.05, 3.63) is 24.3 Å². The van der Waals surface area contributed by atoms with Gasteiger partial charge in [-0.2, -0.15) is 0 Å². The zero-order chi connectivity index (χ0) is 40.2. The minimum absolute atomic E-state index is 0.218. The third kappa shape index (κ3) is 28.3. The smallest absolute Gasteiger partial charge is 0.306 e. The average Bonchev–Trinajstić information content (AvgIpc) is 3.18. The van der Waals surface area contributed by atoms with E-state index in [4.69, 9.17) is 18.9 Å². The summed E-state index contributed by atoms with van der Waals surface area (Å²) in [5.41, 5.74) is 0. The molecule has 0 aromatic heterocycles. The van der Waals surface area contributed by atoms with Gasteiger partial charge >= 0.3 is 11.9 Å². The maximum Gasteiger partial charge on any atom is 0.306 e. The number of hydrogen-bond acceptors (Lipinski definition) is 10. The van der Waals surface area contributed by atoms with Gasteiger partial charge in [-0.1, -0.05) is 160 Å². The summed E-state index contributed by atoms with van der Waals surface area (Å²) in [5.74, 6) is -0.859. The lowest BCUT2D eigenvalue weighted by Gasteiger charge is -2.39. The molecule has 0 spiro atoms. The van der Waals surface area contributed by atoms with Crippen molar-refractivity contribution in [2.75, 3.05) is 19.8 Å². The normalized spacial score (nSPS) is 20.7. The molecular formula is C45H82O10. The predicted octanol–water partition coefficient (Wildman–Crippen LogP) is 9.33. The largest absolute Gasteiger partial charge is 0.462 e. The van der Waals surface area contributed by atoms with Crippen LogP contribution >= 0.6 is 0 Å². The van der Waals surface area contributed by atoms with Crippen LogP contribution in [0.2, 0.25) is 0 Å². The third-order valence-electron chi connectivity index (χ3n) is 10.3. The lowest BCUT2D eigenvalue weighted by molar-refractivity contribution is -0.305. The highest BCUT2D eigenvalue weighted by Crippen LogP contribution is 2.22. The van der Waals surface area contributed by atoms with Crippen LogP contribution in [0.1, 0.15) is 194 Å². The molecule has 1 aliphatic heterocycles. The van der Waals surface area contributed by atoms with E-state index in [2.05, 4.69) is 38.2 Å². The van der Waals surface area contributed by atoms with Gasteiger partial charge in [0.05, 0.1) is 13.2 Å². The first-order valence-corrected chi connectivity index (χ1v) is 22.4. The molecule has 2 unspecified atom stereocenters. The second-order valence-corrected chi connectivity index (χ2v) is 15.5. The molecule has 10 heteroatoms. The van der Waals surface area contributed by atoms with Crippen LogP contribution in [0.3, 0.4) is 0 Å². The Balaban J connectivity index is 2.23. The summed E-state index contributed by atoms with van der Waals surface area (Å²) in [6.07, 6.45) is 32.4. The summed E-state index contributed by atoms with van der Waals surface area (Å²) in [6.45, 7) is 3.34. The van der Waals surface area contributed by atoms with Crippen LogP contribution in [0.4, 0.5) is 0 Å². The van der Waals surface area contributed by atoms with Crippen molar-refractivity contribution < 1.29 is 49.0 Å². The highest BCUT2D eigenvalue weighted by Gasteiger charge is 2.44. The van der Waals surface area contributed by atoms with Gasteiger partial charge in [-0.25, -0.2) is 0 Å². The van der Waals surface area contributed by atoms with E-state index in [9.17, 15) is 30.0 Å². The molecule has 0 radical (unpaired) electrons. The monoisotopic (exact) mass is 783 g/mol. The van der Waals surface area contributed by atoms with Crippen molar-refractivity contribution in [2.24, 2.45) is 0 Å². The van der Waals surface area contributed by atoms with Gasteiger partial charge < -0.3 is 39.4 Å². The molecule has 0 amide bonds. The first kappa shape index (κ1) is 51.2. The van der Waals surface area contributed by atoms with E-state index in [0.29, 0.717) is 12.8 Å². The highest BCUT2D eigenvalue weighted by atomic mass is 16.7. The fourth-order valence-corrected chi connectivity index (χ4v) is 6.74. The Morgan fingerprint density at radius 2 is 1.00 bits per heavy atom. The number of allylic oxidation sites excluding steroid dienone is 4. The van der Waals surface area contributed by atoms with Crippen LogP contribution in [-0.4, -0.2) is 89.0 Å². The molecule has 1 aliphatic rings. The van der Waals surface area contributed by atoms with Crippen LogP contribution in [0, 0.1) is 0 Å². The van der Waals surface area contributed by atoms with Gasteiger partial charge in [0.15, 0.2) is 12.4 Å². The fourth-order valence-electron chi connectivity index (χ4n) is 6.74. The average molecular weight is 783 g/mol. The van der Waals surface area contributed by atoms with Crippen molar-refractivity contribution in [1.82, 2.24) is 0 Å². The molecule has 1 heterocycles. The minimum Gasteiger partial charge on any atom is -0.462 e. The van der Waals surface area contributed by atoms with E-state index < -0.39 is 55.4 Å². The van der Waals surface area contributed by atoms with E-state index >= 15 is 0 Å². The first-order valence-electron chi connectivity index (χ1n) is 22.4. The molecular weight excluding hydrogens is 700 g/mol. The molecule has 0 aromatic carbocycles. The van der Waals surface area contributed by atoms with E-state index in [0.717, 1.165) is 44.9 Å². The topological polar surface area (TPSA) is 152 Å². The van der Waals surface area contributed by atoms with Crippen molar-refractivity contribution in [2.45, 2.75) is 230 Å².